The number of benzene rings is 4. The summed E-state index contributed by atoms with van der Waals surface area (Å²) in [4.78, 5) is 14.2. The number of rotatable bonds is 5. The molecule has 0 saturated heterocycles. The molecule has 130 valence electrons. The zero-order valence-electron chi connectivity index (χ0n) is 15.0. The molecule has 4 aromatic rings. The Labute approximate surface area is 164 Å². The Morgan fingerprint density at radius 3 is 1.07 bits per heavy atom. The van der Waals surface area contributed by atoms with Gasteiger partial charge in [-0.15, -0.1) is 0 Å². The second-order valence-corrected chi connectivity index (χ2v) is 17.1. The van der Waals surface area contributed by atoms with E-state index in [0.29, 0.717) is 0 Å². The minimum absolute atomic E-state index is 0.286. The molecule has 0 aliphatic heterocycles. The van der Waals surface area contributed by atoms with Gasteiger partial charge in [0.15, 0.2) is 0 Å². The third-order valence-corrected chi connectivity index (χ3v) is 18.0. The first kappa shape index (κ1) is 17.7. The average Bonchev–Trinajstić information content (AvgIpc) is 2.77. The maximum atomic E-state index is 14.2. The molecule has 0 aliphatic carbocycles. The summed E-state index contributed by atoms with van der Waals surface area (Å²) >= 11 is -3.94. The molecule has 4 rings (SSSR count). The standard InChI is InChI=1S/C7H5O.3C6H5.Sn/c8-6-7-4-2-1-3-5-7;3*1-2-4-6-5-3-1;/h1-5H;3*1-5H;. The van der Waals surface area contributed by atoms with E-state index in [-0.39, 0.29) is 3.80 Å². The number of hydrogen-bond acceptors (Lipinski definition) is 1. The van der Waals surface area contributed by atoms with Crippen molar-refractivity contribution in [3.63, 3.8) is 0 Å². The molecule has 0 amide bonds. The van der Waals surface area contributed by atoms with E-state index >= 15 is 0 Å². The predicted molar refractivity (Wildman–Crippen MR) is 115 cm³/mol. The van der Waals surface area contributed by atoms with Gasteiger partial charge in [-0.2, -0.15) is 0 Å². The van der Waals surface area contributed by atoms with E-state index in [9.17, 15) is 4.79 Å². The fourth-order valence-corrected chi connectivity index (χ4v) is 16.5. The number of carbonyl (C=O) groups is 1. The Morgan fingerprint density at radius 2 is 0.741 bits per heavy atom. The van der Waals surface area contributed by atoms with Gasteiger partial charge in [0.05, 0.1) is 0 Å². The Kier molecular flexibility index (Phi) is 5.21. The molecule has 0 aliphatic rings. The minimum atomic E-state index is -3.94. The van der Waals surface area contributed by atoms with Crippen LogP contribution in [0.25, 0.3) is 0 Å². The first-order chi connectivity index (χ1) is 13.3. The van der Waals surface area contributed by atoms with Crippen molar-refractivity contribution < 1.29 is 4.79 Å². The molecule has 0 N–H and O–H groups in total. The van der Waals surface area contributed by atoms with Crippen LogP contribution in [0.4, 0.5) is 0 Å². The summed E-state index contributed by atoms with van der Waals surface area (Å²) in [7, 11) is 0. The summed E-state index contributed by atoms with van der Waals surface area (Å²) < 4.78 is 3.82. The molecular formula is C25H20OSn. The fraction of sp³-hybridized carbons (Fsp3) is 0. The molecule has 0 atom stereocenters. The van der Waals surface area contributed by atoms with Gasteiger partial charge in [-0.3, -0.25) is 0 Å². The summed E-state index contributed by atoms with van der Waals surface area (Å²) in [6.45, 7) is 0. The molecule has 0 aromatic heterocycles. The van der Waals surface area contributed by atoms with Crippen LogP contribution in [-0.4, -0.2) is 22.2 Å². The Bertz CT molecular complexity index is 916. The van der Waals surface area contributed by atoms with Crippen molar-refractivity contribution in [3.8, 4) is 0 Å². The van der Waals surface area contributed by atoms with Crippen molar-refractivity contribution in [2.75, 3.05) is 0 Å². The molecule has 0 radical (unpaired) electrons. The van der Waals surface area contributed by atoms with Crippen LogP contribution in [0.5, 0.6) is 0 Å². The predicted octanol–water partition coefficient (Wildman–Crippen LogP) is 3.58. The van der Waals surface area contributed by atoms with Gasteiger partial charge in [0.1, 0.15) is 0 Å². The van der Waals surface area contributed by atoms with Gasteiger partial charge >= 0.3 is 165 Å². The zero-order valence-corrected chi connectivity index (χ0v) is 17.8. The van der Waals surface area contributed by atoms with E-state index in [2.05, 4.69) is 36.4 Å². The Balaban J connectivity index is 2.08. The third kappa shape index (κ3) is 3.24. The summed E-state index contributed by atoms with van der Waals surface area (Å²) in [5.41, 5.74) is 0.796. The van der Waals surface area contributed by atoms with Crippen LogP contribution in [0.15, 0.2) is 121 Å². The maximum absolute atomic E-state index is 14.2. The molecule has 1 nitrogen and oxygen atoms in total. The molecule has 2 heteroatoms. The Morgan fingerprint density at radius 1 is 0.444 bits per heavy atom. The van der Waals surface area contributed by atoms with Crippen LogP contribution in [0, 0.1) is 0 Å². The van der Waals surface area contributed by atoms with Gasteiger partial charge in [-0.25, -0.2) is 0 Å². The van der Waals surface area contributed by atoms with Crippen molar-refractivity contribution in [2.24, 2.45) is 0 Å². The van der Waals surface area contributed by atoms with E-state index in [1.165, 1.54) is 10.7 Å². The van der Waals surface area contributed by atoms with Gasteiger partial charge in [0.25, 0.3) is 0 Å². The van der Waals surface area contributed by atoms with Crippen molar-refractivity contribution >= 4 is 32.9 Å². The number of hydrogen-bond donors (Lipinski definition) is 0. The molecular weight excluding hydrogens is 435 g/mol. The molecule has 4 aromatic carbocycles. The van der Waals surface area contributed by atoms with Crippen molar-refractivity contribution in [3.05, 3.63) is 127 Å². The molecule has 0 fully saturated rings. The molecule has 27 heavy (non-hydrogen) atoms. The SMILES string of the molecule is O=[C](c1ccccc1)[Sn]([c]1ccccc1)([c]1ccccc1)[c]1ccccc1. The van der Waals surface area contributed by atoms with Gasteiger partial charge in [-0.1, -0.05) is 0 Å². The monoisotopic (exact) mass is 456 g/mol. The summed E-state index contributed by atoms with van der Waals surface area (Å²) in [6.07, 6.45) is 0. The van der Waals surface area contributed by atoms with E-state index in [4.69, 9.17) is 0 Å². The summed E-state index contributed by atoms with van der Waals surface area (Å²) in [5.74, 6) is 0. The van der Waals surface area contributed by atoms with Crippen molar-refractivity contribution in [1.29, 1.82) is 0 Å². The van der Waals surface area contributed by atoms with Crippen LogP contribution in [0.2, 0.25) is 0 Å². The first-order valence-electron chi connectivity index (χ1n) is 9.10. The fourth-order valence-electron chi connectivity index (χ4n) is 3.76. The van der Waals surface area contributed by atoms with Gasteiger partial charge in [-0.05, 0) is 0 Å². The van der Waals surface area contributed by atoms with Gasteiger partial charge in [0.2, 0.25) is 0 Å². The molecule has 0 saturated carbocycles. The second-order valence-electron chi connectivity index (χ2n) is 6.54. The number of carbonyl (C=O) groups excluding carboxylic acids is 1. The van der Waals surface area contributed by atoms with Crippen LogP contribution < -0.4 is 10.7 Å². The van der Waals surface area contributed by atoms with E-state index < -0.39 is 18.4 Å². The normalized spacial score (nSPS) is 11.1. The van der Waals surface area contributed by atoms with Crippen molar-refractivity contribution in [1.82, 2.24) is 0 Å². The third-order valence-electron chi connectivity index (χ3n) is 5.00. The first-order valence-corrected chi connectivity index (χ1v) is 14.8. The molecule has 0 heterocycles. The topological polar surface area (TPSA) is 17.1 Å². The van der Waals surface area contributed by atoms with E-state index in [1.54, 1.807) is 0 Å². The Hall–Kier alpha value is -2.65. The summed E-state index contributed by atoms with van der Waals surface area (Å²) in [5, 5.41) is 0. The quantitative estimate of drug-likeness (QED) is 0.421. The molecule has 0 bridgehead atoms. The zero-order chi connectivity index (χ0) is 18.5. The van der Waals surface area contributed by atoms with Gasteiger partial charge < -0.3 is 0 Å². The second kappa shape index (κ2) is 7.93. The van der Waals surface area contributed by atoms with Crippen LogP contribution >= 0.6 is 0 Å². The van der Waals surface area contributed by atoms with E-state index in [1.807, 2.05) is 84.9 Å². The van der Waals surface area contributed by atoms with Crippen LogP contribution in [0.3, 0.4) is 0 Å². The van der Waals surface area contributed by atoms with Gasteiger partial charge in [0, 0.05) is 0 Å². The van der Waals surface area contributed by atoms with Crippen molar-refractivity contribution in [2.45, 2.75) is 0 Å². The average molecular weight is 455 g/mol. The van der Waals surface area contributed by atoms with Crippen LogP contribution in [-0.2, 0) is 0 Å². The van der Waals surface area contributed by atoms with Crippen LogP contribution in [0.1, 0.15) is 10.4 Å². The summed E-state index contributed by atoms with van der Waals surface area (Å²) in [6, 6.07) is 40.9. The molecule has 0 unspecified atom stereocenters. The van der Waals surface area contributed by atoms with E-state index in [0.717, 1.165) is 5.56 Å². The molecule has 0 spiro atoms.